The predicted octanol–water partition coefficient (Wildman–Crippen LogP) is 17.1. The van der Waals surface area contributed by atoms with Crippen molar-refractivity contribution in [2.45, 2.75) is 66.3 Å². The number of pyridine rings is 5. The van der Waals surface area contributed by atoms with Gasteiger partial charge in [-0.15, -0.1) is 0 Å². The minimum absolute atomic E-state index is 0.0494. The summed E-state index contributed by atoms with van der Waals surface area (Å²) in [7, 11) is 1.26. The van der Waals surface area contributed by atoms with Crippen molar-refractivity contribution in [3.63, 3.8) is 0 Å². The molecule has 0 fully saturated rings. The lowest BCUT2D eigenvalue weighted by Gasteiger charge is -2.13. The first kappa shape index (κ1) is 69.5. The van der Waals surface area contributed by atoms with E-state index in [0.717, 1.165) is 27.2 Å². The number of nitrogens with zero attached hydrogens (tertiary/aromatic N) is 5. The normalized spacial score (nSPS) is 12.3. The summed E-state index contributed by atoms with van der Waals surface area (Å²) in [6, 6.07) is 44.7. The van der Waals surface area contributed by atoms with Gasteiger partial charge >= 0.3 is 12.1 Å². The number of aromatic amines is 3. The highest BCUT2D eigenvalue weighted by atomic mass is 35.5. The molecule has 14 aromatic rings. The summed E-state index contributed by atoms with van der Waals surface area (Å²) in [5.41, 5.74) is 8.13. The van der Waals surface area contributed by atoms with Crippen LogP contribution in [0.5, 0.6) is 0 Å². The summed E-state index contributed by atoms with van der Waals surface area (Å²) >= 11 is 13.0. The summed E-state index contributed by atoms with van der Waals surface area (Å²) in [5, 5.41) is 4.66. The van der Waals surface area contributed by atoms with Crippen molar-refractivity contribution < 1.29 is 45.9 Å². The van der Waals surface area contributed by atoms with Gasteiger partial charge in [-0.3, -0.25) is 28.8 Å². The lowest BCUT2D eigenvalue weighted by atomic mass is 9.92. The molecule has 0 amide bonds. The Kier molecular flexibility index (Phi) is 19.1. The lowest BCUT2D eigenvalue weighted by molar-refractivity contribution is -0.127. The Labute approximate surface area is 592 Å². The highest BCUT2D eigenvalue weighted by Gasteiger charge is 2.33. The number of hydrogen-bond acceptors (Lipinski definition) is 10. The molecule has 0 atom stereocenters. The first-order valence-corrected chi connectivity index (χ1v) is 33.0. The Balaban J connectivity index is 0.000000138. The van der Waals surface area contributed by atoms with E-state index in [1.54, 1.807) is 94.3 Å². The minimum Gasteiger partial charge on any atom is -0.464 e. The molecule has 1 aliphatic carbocycles. The number of fused-ring (bicyclic) bond motifs is 6. The second-order valence-corrected chi connectivity index (χ2v) is 25.6. The Hall–Kier alpha value is -11.9. The van der Waals surface area contributed by atoms with Gasteiger partial charge in [0.05, 0.1) is 60.1 Å². The molecule has 0 radical (unpaired) electrons. The van der Waals surface area contributed by atoms with Crippen molar-refractivity contribution in [3.8, 4) is 22.3 Å². The number of esters is 1. The van der Waals surface area contributed by atoms with Crippen molar-refractivity contribution >= 4 is 118 Å². The first-order valence-electron chi connectivity index (χ1n) is 32.3. The van der Waals surface area contributed by atoms with E-state index in [0.29, 0.717) is 93.9 Å². The van der Waals surface area contributed by atoms with Gasteiger partial charge in [-0.25, -0.2) is 23.5 Å². The Morgan fingerprint density at radius 2 is 1.05 bits per heavy atom. The maximum absolute atomic E-state index is 14.7. The van der Waals surface area contributed by atoms with Crippen LogP contribution in [0.15, 0.2) is 203 Å². The fourth-order valence-electron chi connectivity index (χ4n) is 13.5. The van der Waals surface area contributed by atoms with Crippen LogP contribution < -0.4 is 16.7 Å². The molecule has 0 spiro atoms. The number of nitrogens with one attached hydrogen (secondary N) is 3. The number of benzene rings is 6. The largest absolute Gasteiger partial charge is 0.464 e. The minimum atomic E-state index is -4.40. The molecule has 8 aromatic heterocycles. The number of hydrogen-bond donors (Lipinski definition) is 3. The molecule has 0 saturated carbocycles. The molecule has 0 aliphatic heterocycles. The Morgan fingerprint density at radius 1 is 0.553 bits per heavy atom. The number of H-pyrrole nitrogens is 3. The summed E-state index contributed by atoms with van der Waals surface area (Å²) in [5.74, 6) is -2.29. The first-order chi connectivity index (χ1) is 49.4. The fraction of sp³-hybridized carbons (Fsp3) is 0.138. The van der Waals surface area contributed by atoms with Crippen LogP contribution in [0, 0.1) is 25.5 Å². The van der Waals surface area contributed by atoms with Crippen LogP contribution >= 0.6 is 23.2 Å². The molecule has 23 heteroatoms. The number of aromatic nitrogens is 8. The van der Waals surface area contributed by atoms with Crippen LogP contribution in [0.3, 0.4) is 0 Å². The molecular formula is C80H59Cl2F5N8O8. The topological polar surface area (TPSA) is 217 Å². The smallest absolute Gasteiger partial charge is 0.393 e. The number of aryl methyl sites for hydroxylation is 2. The average Bonchev–Trinajstić information content (AvgIpc) is 1.60. The Bertz CT molecular complexity index is 6140. The third-order valence-corrected chi connectivity index (χ3v) is 18.7. The number of halogens is 7. The number of methoxy groups -OCH3 is 1. The molecule has 0 saturated heterocycles. The van der Waals surface area contributed by atoms with Gasteiger partial charge in [0.15, 0.2) is 17.3 Å². The zero-order valence-electron chi connectivity index (χ0n) is 55.6. The van der Waals surface area contributed by atoms with Crippen LogP contribution in [0.2, 0.25) is 10.3 Å². The van der Waals surface area contributed by atoms with Crippen LogP contribution in [0.1, 0.15) is 90.7 Å². The van der Waals surface area contributed by atoms with E-state index < -0.39 is 30.2 Å². The molecule has 103 heavy (non-hydrogen) atoms. The maximum atomic E-state index is 14.7. The monoisotopic (exact) mass is 1420 g/mol. The van der Waals surface area contributed by atoms with Gasteiger partial charge in [0.2, 0.25) is 5.56 Å². The zero-order chi connectivity index (χ0) is 72.9. The molecule has 16 nitrogen and oxygen atoms in total. The molecule has 0 unspecified atom stereocenters. The molecule has 6 aromatic carbocycles. The van der Waals surface area contributed by atoms with Gasteiger partial charge in [-0.1, -0.05) is 102 Å². The summed E-state index contributed by atoms with van der Waals surface area (Å²) in [6.07, 6.45) is 2.70. The molecular weight excluding hydrogens is 1370 g/mol. The van der Waals surface area contributed by atoms with Crippen LogP contribution in [-0.4, -0.2) is 75.2 Å². The number of carbonyl (C=O) groups excluding carboxylic acids is 4. The van der Waals surface area contributed by atoms with Crippen molar-refractivity contribution in [2.24, 2.45) is 0 Å². The van der Waals surface area contributed by atoms with Crippen molar-refractivity contribution in [1.82, 2.24) is 38.6 Å². The zero-order valence-corrected chi connectivity index (χ0v) is 57.1. The standard InChI is InChI=1S/C28H20ClF3N2O2.C26H19ClFN3O3.C26H20FN3O3/c1-16(35)26-25(20-7-3-5-9-24(20)36)21-12-17(14-28(30,31)32)10-11-23(21)34(26)15-19-13-18-6-2-4-8-22(18)33-27(19)29;1-14-10-18-21(12-19(14)28)31(13-16-11-15-6-3-4-8-20(15)30-24(16)27)23(26(33)34-2)22(18)17-7-5-9-29-25(17)32;1-14-10-19-22(12-20(14)27)30(13-16-11-23(32)29-21-8-4-3-6-17(16)21)25(15(2)31)24(19)18-7-5-9-28-26(18)33/h2-8,10-13H,9,14-15H2,1H3;3-12H,13H2,1-2H3,(H,29,32);3-12H,13H2,1-2H3,(H,28,33)(H,29,32). The van der Waals surface area contributed by atoms with Gasteiger partial charge < -0.3 is 33.4 Å². The summed E-state index contributed by atoms with van der Waals surface area (Å²) < 4.78 is 79.1. The third-order valence-electron chi connectivity index (χ3n) is 18.0. The van der Waals surface area contributed by atoms with E-state index in [1.807, 2.05) is 78.9 Å². The SMILES string of the molecule is CC(=O)c1c(-c2ccc[nH]c2=O)c2cc(C)c(F)cc2n1Cc1cc(=O)[nH]c2ccccc12.CC(=O)c1c(C2=CC=CCC2=O)c2cc(CC(F)(F)F)ccc2n1Cc1cc2ccccc2nc1Cl.COC(=O)c1c(-c2ccc[nH]c2=O)c2cc(C)c(F)cc2n1Cc1cc2ccccc2nc1Cl. The number of Topliss-reactive ketones (excluding diaryl/α,β-unsaturated/α-hetero) is 3. The van der Waals surface area contributed by atoms with Gasteiger partial charge in [0, 0.05) is 133 Å². The van der Waals surface area contributed by atoms with E-state index >= 15 is 0 Å². The lowest BCUT2D eigenvalue weighted by Crippen LogP contribution is -2.15. The summed E-state index contributed by atoms with van der Waals surface area (Å²) in [6.45, 7) is 6.50. The Morgan fingerprint density at radius 3 is 1.58 bits per heavy atom. The molecule has 516 valence electrons. The predicted molar refractivity (Wildman–Crippen MR) is 391 cm³/mol. The van der Waals surface area contributed by atoms with E-state index in [4.69, 9.17) is 27.9 Å². The molecule has 1 aliphatic rings. The number of ketones is 3. The third kappa shape index (κ3) is 13.7. The quantitative estimate of drug-likeness (QED) is 0.0429. The van der Waals surface area contributed by atoms with Crippen molar-refractivity contribution in [2.75, 3.05) is 7.11 Å². The van der Waals surface area contributed by atoms with Crippen molar-refractivity contribution in [3.05, 3.63) is 297 Å². The second kappa shape index (κ2) is 28.2. The summed E-state index contributed by atoms with van der Waals surface area (Å²) in [4.78, 5) is 107. The number of ether oxygens (including phenoxy) is 1. The number of alkyl halides is 3. The number of para-hydroxylation sites is 3. The second-order valence-electron chi connectivity index (χ2n) is 24.8. The maximum Gasteiger partial charge on any atom is 0.393 e. The highest BCUT2D eigenvalue weighted by Crippen LogP contribution is 2.41. The van der Waals surface area contributed by atoms with E-state index in [2.05, 4.69) is 24.9 Å². The van der Waals surface area contributed by atoms with E-state index in [-0.39, 0.29) is 98.6 Å². The van der Waals surface area contributed by atoms with Crippen LogP contribution in [-0.2, 0) is 35.6 Å². The molecule has 15 rings (SSSR count). The fourth-order valence-corrected chi connectivity index (χ4v) is 13.9. The highest BCUT2D eigenvalue weighted by molar-refractivity contribution is 6.31. The van der Waals surface area contributed by atoms with E-state index in [1.165, 1.54) is 63.7 Å². The van der Waals surface area contributed by atoms with Crippen LogP contribution in [0.25, 0.3) is 93.2 Å². The van der Waals surface area contributed by atoms with Gasteiger partial charge in [0.1, 0.15) is 27.6 Å². The molecule has 3 N–H and O–H groups in total. The number of rotatable bonds is 13. The van der Waals surface area contributed by atoms with Crippen LogP contribution in [0.4, 0.5) is 22.0 Å². The molecule has 8 heterocycles. The van der Waals surface area contributed by atoms with Gasteiger partial charge in [0.25, 0.3) is 11.1 Å². The van der Waals surface area contributed by atoms with Crippen molar-refractivity contribution in [1.29, 1.82) is 0 Å². The average molecular weight is 1430 g/mol. The number of carbonyl (C=O) groups is 4. The van der Waals surface area contributed by atoms with Gasteiger partial charge in [-0.2, -0.15) is 13.2 Å². The number of allylic oxidation sites excluding steroid dienone is 4. The van der Waals surface area contributed by atoms with Gasteiger partial charge in [-0.05, 0) is 127 Å². The van der Waals surface area contributed by atoms with E-state index in [9.17, 15) is 55.5 Å². The molecule has 0 bridgehead atoms.